The highest BCUT2D eigenvalue weighted by Gasteiger charge is 2.34. The van der Waals surface area contributed by atoms with Gasteiger partial charge in [0, 0.05) is 12.6 Å². The normalized spacial score (nSPS) is 14.5. The molecule has 0 spiro atoms. The van der Waals surface area contributed by atoms with Crippen molar-refractivity contribution < 1.29 is 22.7 Å². The van der Waals surface area contributed by atoms with Crippen molar-refractivity contribution in [3.05, 3.63) is 89.5 Å². The van der Waals surface area contributed by atoms with Crippen LogP contribution in [0.4, 0.5) is 5.69 Å². The van der Waals surface area contributed by atoms with E-state index >= 15 is 0 Å². The van der Waals surface area contributed by atoms with Gasteiger partial charge >= 0.3 is 0 Å². The summed E-state index contributed by atoms with van der Waals surface area (Å²) in [7, 11) is -2.60. The number of hydrogen-bond acceptors (Lipinski definition) is 5. The maximum absolute atomic E-state index is 14.3. The van der Waals surface area contributed by atoms with Gasteiger partial charge in [0.1, 0.15) is 18.3 Å². The van der Waals surface area contributed by atoms with E-state index in [9.17, 15) is 18.0 Å². The number of rotatable bonds is 12. The van der Waals surface area contributed by atoms with Crippen LogP contribution in [0.1, 0.15) is 62.1 Å². The van der Waals surface area contributed by atoms with Gasteiger partial charge in [0.15, 0.2) is 0 Å². The Morgan fingerprint density at radius 1 is 0.930 bits per heavy atom. The minimum absolute atomic E-state index is 0.0778. The van der Waals surface area contributed by atoms with Crippen molar-refractivity contribution in [2.75, 3.05) is 18.0 Å². The zero-order chi connectivity index (χ0) is 31.0. The number of carbonyl (C=O) groups excluding carboxylic acids is 2. The fourth-order valence-electron chi connectivity index (χ4n) is 5.59. The van der Waals surface area contributed by atoms with E-state index < -0.39 is 28.5 Å². The summed E-state index contributed by atoms with van der Waals surface area (Å²) in [6.45, 7) is 5.45. The fourth-order valence-corrected chi connectivity index (χ4v) is 7.00. The Hall–Kier alpha value is -3.85. The molecule has 0 aromatic heterocycles. The van der Waals surface area contributed by atoms with Gasteiger partial charge in [-0.1, -0.05) is 73.7 Å². The molecule has 3 aromatic rings. The number of carbonyl (C=O) groups is 2. The number of aryl methyl sites for hydroxylation is 2. The summed E-state index contributed by atoms with van der Waals surface area (Å²) >= 11 is 0. The standard InChI is InChI=1S/C34H43N3O5S/c1-5-32(34(39)35-28-12-7-6-8-13-28)36(23-27-11-9-10-26(3)22-27)33(38)24-37(29-16-18-30(42-4)19-17-29)43(40,41)31-20-14-25(2)15-21-31/h9-11,14-22,28,32H,5-8,12-13,23-24H2,1-4H3,(H,35,39). The molecule has 230 valence electrons. The maximum atomic E-state index is 14.3. The van der Waals surface area contributed by atoms with E-state index in [2.05, 4.69) is 5.32 Å². The lowest BCUT2D eigenvalue weighted by Crippen LogP contribution is -2.54. The van der Waals surface area contributed by atoms with Crippen molar-refractivity contribution in [2.45, 2.75) is 82.8 Å². The van der Waals surface area contributed by atoms with Crippen LogP contribution in [0.3, 0.4) is 0 Å². The minimum atomic E-state index is -4.13. The first-order chi connectivity index (χ1) is 20.6. The van der Waals surface area contributed by atoms with Gasteiger partial charge in [-0.2, -0.15) is 0 Å². The first-order valence-corrected chi connectivity index (χ1v) is 16.4. The molecule has 9 heteroatoms. The molecule has 0 aliphatic heterocycles. The number of ether oxygens (including phenoxy) is 1. The van der Waals surface area contributed by atoms with E-state index in [0.717, 1.165) is 53.1 Å². The number of benzene rings is 3. The molecule has 0 heterocycles. The Kier molecular flexibility index (Phi) is 10.9. The van der Waals surface area contributed by atoms with Gasteiger partial charge in [0.2, 0.25) is 11.8 Å². The summed E-state index contributed by atoms with van der Waals surface area (Å²) in [4.78, 5) is 29.6. The van der Waals surface area contributed by atoms with Gasteiger partial charge < -0.3 is 15.0 Å². The van der Waals surface area contributed by atoms with Crippen molar-refractivity contribution in [3.8, 4) is 5.75 Å². The van der Waals surface area contributed by atoms with Gasteiger partial charge in [-0.15, -0.1) is 0 Å². The summed E-state index contributed by atoms with van der Waals surface area (Å²) in [6, 6.07) is 20.2. The summed E-state index contributed by atoms with van der Waals surface area (Å²) in [6.07, 6.45) is 5.55. The average Bonchev–Trinajstić information content (AvgIpc) is 3.00. The SMILES string of the molecule is CCC(C(=O)NC1CCCCC1)N(Cc1cccc(C)c1)C(=O)CN(c1ccc(OC)cc1)S(=O)(=O)c1ccc(C)cc1. The molecule has 4 rings (SSSR count). The largest absolute Gasteiger partial charge is 0.497 e. The summed E-state index contributed by atoms with van der Waals surface area (Å²) < 4.78 is 34.5. The third kappa shape index (κ3) is 8.16. The highest BCUT2D eigenvalue weighted by Crippen LogP contribution is 2.27. The second-order valence-corrected chi connectivity index (χ2v) is 13.2. The van der Waals surface area contributed by atoms with Gasteiger partial charge in [0.25, 0.3) is 10.0 Å². The molecule has 8 nitrogen and oxygen atoms in total. The number of methoxy groups -OCH3 is 1. The third-order valence-electron chi connectivity index (χ3n) is 8.02. The minimum Gasteiger partial charge on any atom is -0.497 e. The number of nitrogens with zero attached hydrogens (tertiary/aromatic N) is 2. The molecule has 1 aliphatic carbocycles. The predicted octanol–water partition coefficient (Wildman–Crippen LogP) is 5.76. The van der Waals surface area contributed by atoms with Crippen molar-refractivity contribution in [1.29, 1.82) is 0 Å². The highest BCUT2D eigenvalue weighted by atomic mass is 32.2. The highest BCUT2D eigenvalue weighted by molar-refractivity contribution is 7.92. The number of hydrogen-bond donors (Lipinski definition) is 1. The molecular weight excluding hydrogens is 562 g/mol. The molecule has 0 radical (unpaired) electrons. The molecule has 1 unspecified atom stereocenters. The van der Waals surface area contributed by atoms with Crippen LogP contribution in [-0.2, 0) is 26.2 Å². The monoisotopic (exact) mass is 605 g/mol. The van der Waals surface area contributed by atoms with Crippen LogP contribution in [0.5, 0.6) is 5.75 Å². The molecule has 1 saturated carbocycles. The number of sulfonamides is 1. The molecule has 1 fully saturated rings. The van der Waals surface area contributed by atoms with E-state index in [4.69, 9.17) is 4.74 Å². The number of amides is 2. The topological polar surface area (TPSA) is 96.0 Å². The second-order valence-electron chi connectivity index (χ2n) is 11.3. The van der Waals surface area contributed by atoms with E-state index in [-0.39, 0.29) is 23.4 Å². The fraction of sp³-hybridized carbons (Fsp3) is 0.412. The van der Waals surface area contributed by atoms with Crippen molar-refractivity contribution >= 4 is 27.5 Å². The van der Waals surface area contributed by atoms with Crippen molar-refractivity contribution in [3.63, 3.8) is 0 Å². The smallest absolute Gasteiger partial charge is 0.264 e. The van der Waals surface area contributed by atoms with Gasteiger partial charge in [0.05, 0.1) is 17.7 Å². The molecule has 1 aliphatic rings. The van der Waals surface area contributed by atoms with Gasteiger partial charge in [-0.25, -0.2) is 8.42 Å². The zero-order valence-corrected chi connectivity index (χ0v) is 26.4. The van der Waals surface area contributed by atoms with Gasteiger partial charge in [-0.05, 0) is 75.1 Å². The summed E-state index contributed by atoms with van der Waals surface area (Å²) in [5.41, 5.74) is 3.15. The van der Waals surface area contributed by atoms with Crippen LogP contribution in [0.2, 0.25) is 0 Å². The molecule has 1 N–H and O–H groups in total. The molecule has 1 atom stereocenters. The van der Waals surface area contributed by atoms with Crippen molar-refractivity contribution in [1.82, 2.24) is 10.2 Å². The summed E-state index contributed by atoms with van der Waals surface area (Å²) in [5, 5.41) is 3.18. The second kappa shape index (κ2) is 14.6. The van der Waals surface area contributed by atoms with Crippen LogP contribution in [0.15, 0.2) is 77.7 Å². The van der Waals surface area contributed by atoms with Crippen LogP contribution in [0, 0.1) is 13.8 Å². The predicted molar refractivity (Wildman–Crippen MR) is 170 cm³/mol. The van der Waals surface area contributed by atoms with E-state index in [1.807, 2.05) is 45.0 Å². The van der Waals surface area contributed by atoms with Crippen LogP contribution >= 0.6 is 0 Å². The first kappa shape index (κ1) is 32.1. The van der Waals surface area contributed by atoms with E-state index in [1.54, 1.807) is 48.5 Å². The summed E-state index contributed by atoms with van der Waals surface area (Å²) in [5.74, 6) is -0.0966. The molecule has 0 saturated heterocycles. The molecule has 0 bridgehead atoms. The van der Waals surface area contributed by atoms with Crippen LogP contribution in [0.25, 0.3) is 0 Å². The molecule has 3 aromatic carbocycles. The lowest BCUT2D eigenvalue weighted by Gasteiger charge is -2.34. The molecule has 43 heavy (non-hydrogen) atoms. The third-order valence-corrected chi connectivity index (χ3v) is 9.81. The lowest BCUT2D eigenvalue weighted by molar-refractivity contribution is -0.140. The van der Waals surface area contributed by atoms with Gasteiger partial charge in [-0.3, -0.25) is 13.9 Å². The Bertz CT molecular complexity index is 1480. The van der Waals surface area contributed by atoms with Crippen LogP contribution < -0.4 is 14.4 Å². The number of anilines is 1. The van der Waals surface area contributed by atoms with Crippen molar-refractivity contribution in [2.24, 2.45) is 0 Å². The number of nitrogens with one attached hydrogen (secondary N) is 1. The van der Waals surface area contributed by atoms with Crippen LogP contribution in [-0.4, -0.2) is 50.9 Å². The zero-order valence-electron chi connectivity index (χ0n) is 25.6. The molecule has 2 amide bonds. The Balaban J connectivity index is 1.71. The van der Waals surface area contributed by atoms with E-state index in [1.165, 1.54) is 12.0 Å². The molecular formula is C34H43N3O5S. The Morgan fingerprint density at radius 2 is 1.60 bits per heavy atom. The van der Waals surface area contributed by atoms with E-state index in [0.29, 0.717) is 17.9 Å². The average molecular weight is 606 g/mol. The Morgan fingerprint density at radius 3 is 2.21 bits per heavy atom. The lowest BCUT2D eigenvalue weighted by atomic mass is 9.95. The Labute approximate surface area is 256 Å². The maximum Gasteiger partial charge on any atom is 0.264 e. The quantitative estimate of drug-likeness (QED) is 0.283. The first-order valence-electron chi connectivity index (χ1n) is 15.0.